The van der Waals surface area contributed by atoms with Gasteiger partial charge in [0.05, 0.1) is 0 Å². The van der Waals surface area contributed by atoms with Crippen LogP contribution in [0, 0.1) is 6.92 Å². The van der Waals surface area contributed by atoms with Gasteiger partial charge in [0, 0.05) is 11.8 Å². The number of fused-ring (bicyclic) bond motifs is 1. The van der Waals surface area contributed by atoms with Crippen LogP contribution in [0.25, 0.3) is 10.8 Å². The number of aryl methyl sites for hydroxylation is 1. The van der Waals surface area contributed by atoms with Crippen LogP contribution in [0.15, 0.2) is 41.3 Å². The quantitative estimate of drug-likeness (QED) is 0.606. The topological polar surface area (TPSA) is 30.0 Å². The minimum Gasteiger partial charge on any atom is -0.267 e. The molecule has 2 heteroatoms. The molecule has 1 aromatic carbocycles. The van der Waals surface area contributed by atoms with E-state index in [-0.39, 0.29) is 5.56 Å². The Morgan fingerprint density at radius 3 is 2.77 bits per heavy atom. The summed E-state index contributed by atoms with van der Waals surface area (Å²) in [5, 5.41) is 2.03. The molecule has 0 aliphatic rings. The zero-order chi connectivity index (χ0) is 9.26. The molecule has 2 nitrogen and oxygen atoms in total. The van der Waals surface area contributed by atoms with E-state index in [2.05, 4.69) is 4.98 Å². The van der Waals surface area contributed by atoms with Crippen LogP contribution in [0.4, 0.5) is 0 Å². The number of nitrogens with zero attached hydrogens (tertiary/aromatic N) is 1. The average Bonchev–Trinajstić information content (AvgIpc) is 2.29. The highest BCUT2D eigenvalue weighted by Gasteiger charge is 1.97. The fraction of sp³-hybridized carbons (Fsp3) is 0.0909. The van der Waals surface area contributed by atoms with Gasteiger partial charge in [-0.3, -0.25) is 4.79 Å². The first-order chi connectivity index (χ1) is 6.29. The Kier molecular flexibility index (Phi) is 1.81. The molecule has 64 valence electrons. The van der Waals surface area contributed by atoms with Crippen molar-refractivity contribution in [3.8, 4) is 0 Å². The largest absolute Gasteiger partial charge is 0.273 e. The third-order valence-electron chi connectivity index (χ3n) is 2.13. The number of rotatable bonds is 0. The SMILES string of the molecule is Cc1c(=O)nccc2ccccc12. The molecule has 0 atom stereocenters. The Balaban J connectivity index is 3.06. The maximum absolute atomic E-state index is 11.3. The molecule has 2 aromatic rings. The summed E-state index contributed by atoms with van der Waals surface area (Å²) in [7, 11) is 0. The van der Waals surface area contributed by atoms with Crippen LogP contribution >= 0.6 is 0 Å². The molecule has 1 heterocycles. The summed E-state index contributed by atoms with van der Waals surface area (Å²) in [4.78, 5) is 15.1. The minimum atomic E-state index is -0.152. The van der Waals surface area contributed by atoms with Crippen LogP contribution in [0.5, 0.6) is 0 Å². The van der Waals surface area contributed by atoms with Crippen molar-refractivity contribution in [3.63, 3.8) is 0 Å². The summed E-state index contributed by atoms with van der Waals surface area (Å²) in [5.41, 5.74) is 0.557. The summed E-state index contributed by atoms with van der Waals surface area (Å²) in [6.07, 6.45) is 1.55. The van der Waals surface area contributed by atoms with E-state index in [1.807, 2.05) is 30.3 Å². The van der Waals surface area contributed by atoms with Gasteiger partial charge in [0.15, 0.2) is 0 Å². The summed E-state index contributed by atoms with van der Waals surface area (Å²) >= 11 is 0. The monoisotopic (exact) mass is 171 g/mol. The third-order valence-corrected chi connectivity index (χ3v) is 2.13. The lowest BCUT2D eigenvalue weighted by Gasteiger charge is -1.92. The Morgan fingerprint density at radius 2 is 1.92 bits per heavy atom. The van der Waals surface area contributed by atoms with Gasteiger partial charge in [-0.15, -0.1) is 0 Å². The number of aromatic nitrogens is 1. The second-order valence-corrected chi connectivity index (χ2v) is 2.96. The van der Waals surface area contributed by atoms with E-state index in [9.17, 15) is 4.79 Å². The van der Waals surface area contributed by atoms with Gasteiger partial charge in [-0.2, -0.15) is 0 Å². The molecule has 0 spiro atoms. The van der Waals surface area contributed by atoms with Crippen LogP contribution in [-0.4, -0.2) is 4.98 Å². The standard InChI is InChI=1S/C11H9NO/c1-8-10-5-3-2-4-9(10)6-7-12-11(8)13/h2-7H,1H3. The summed E-state index contributed by atoms with van der Waals surface area (Å²) in [5.74, 6) is 0. The van der Waals surface area contributed by atoms with Crippen molar-refractivity contribution in [3.05, 3.63) is 52.4 Å². The van der Waals surface area contributed by atoms with Crippen molar-refractivity contribution < 1.29 is 0 Å². The van der Waals surface area contributed by atoms with E-state index >= 15 is 0 Å². The Morgan fingerprint density at radius 1 is 1.15 bits per heavy atom. The first-order valence-corrected chi connectivity index (χ1v) is 4.14. The average molecular weight is 171 g/mol. The van der Waals surface area contributed by atoms with E-state index in [1.54, 1.807) is 13.1 Å². The molecule has 0 bridgehead atoms. The van der Waals surface area contributed by atoms with Crippen molar-refractivity contribution in [2.75, 3.05) is 0 Å². The van der Waals surface area contributed by atoms with Crippen LogP contribution < -0.4 is 5.56 Å². The highest BCUT2D eigenvalue weighted by molar-refractivity contribution is 5.84. The van der Waals surface area contributed by atoms with Gasteiger partial charge in [-0.25, -0.2) is 4.98 Å². The molecule has 2 rings (SSSR count). The van der Waals surface area contributed by atoms with Crippen LogP contribution in [0.3, 0.4) is 0 Å². The van der Waals surface area contributed by atoms with E-state index in [0.29, 0.717) is 5.56 Å². The number of benzene rings is 1. The first kappa shape index (κ1) is 7.92. The maximum atomic E-state index is 11.3. The smallest absolute Gasteiger partial charge is 0.267 e. The molecule has 13 heavy (non-hydrogen) atoms. The maximum Gasteiger partial charge on any atom is 0.273 e. The van der Waals surface area contributed by atoms with Gasteiger partial charge in [0.1, 0.15) is 0 Å². The molecule has 0 fully saturated rings. The Hall–Kier alpha value is -1.70. The second-order valence-electron chi connectivity index (χ2n) is 2.96. The van der Waals surface area contributed by atoms with E-state index in [4.69, 9.17) is 0 Å². The molecular formula is C11H9NO. The summed E-state index contributed by atoms with van der Waals surface area (Å²) < 4.78 is 0. The molecule has 0 saturated heterocycles. The Bertz CT molecular complexity index is 505. The highest BCUT2D eigenvalue weighted by Crippen LogP contribution is 2.12. The number of hydrogen-bond donors (Lipinski definition) is 0. The van der Waals surface area contributed by atoms with Gasteiger partial charge in [0.25, 0.3) is 5.56 Å². The summed E-state index contributed by atoms with van der Waals surface area (Å²) in [6.45, 7) is 1.80. The molecule has 0 unspecified atom stereocenters. The fourth-order valence-corrected chi connectivity index (χ4v) is 1.38. The molecule has 0 N–H and O–H groups in total. The van der Waals surface area contributed by atoms with Crippen LogP contribution in [-0.2, 0) is 0 Å². The molecule has 0 radical (unpaired) electrons. The lowest BCUT2D eigenvalue weighted by atomic mass is 10.1. The molecule has 1 aromatic heterocycles. The zero-order valence-corrected chi connectivity index (χ0v) is 7.32. The van der Waals surface area contributed by atoms with Gasteiger partial charge in [-0.1, -0.05) is 24.3 Å². The number of hydrogen-bond acceptors (Lipinski definition) is 2. The van der Waals surface area contributed by atoms with Crippen molar-refractivity contribution in [1.29, 1.82) is 0 Å². The fourth-order valence-electron chi connectivity index (χ4n) is 1.38. The van der Waals surface area contributed by atoms with Crippen molar-refractivity contribution in [1.82, 2.24) is 4.98 Å². The van der Waals surface area contributed by atoms with Crippen LogP contribution in [0.2, 0.25) is 0 Å². The first-order valence-electron chi connectivity index (χ1n) is 4.14. The van der Waals surface area contributed by atoms with Gasteiger partial charge >= 0.3 is 0 Å². The van der Waals surface area contributed by atoms with Crippen LogP contribution in [0.1, 0.15) is 5.56 Å². The molecular weight excluding hydrogens is 162 g/mol. The second kappa shape index (κ2) is 2.98. The molecule has 0 aliphatic heterocycles. The van der Waals surface area contributed by atoms with Gasteiger partial charge in [0.2, 0.25) is 0 Å². The van der Waals surface area contributed by atoms with E-state index in [0.717, 1.165) is 10.8 Å². The minimum absolute atomic E-state index is 0.152. The lowest BCUT2D eigenvalue weighted by molar-refractivity contribution is 1.23. The Labute approximate surface area is 75.9 Å². The molecule has 0 amide bonds. The van der Waals surface area contributed by atoms with E-state index < -0.39 is 0 Å². The van der Waals surface area contributed by atoms with Crippen molar-refractivity contribution >= 4 is 10.8 Å². The third kappa shape index (κ3) is 1.31. The normalized spacial score (nSPS) is 10.2. The lowest BCUT2D eigenvalue weighted by Crippen LogP contribution is -2.04. The van der Waals surface area contributed by atoms with Gasteiger partial charge in [-0.05, 0) is 23.8 Å². The van der Waals surface area contributed by atoms with Crippen molar-refractivity contribution in [2.24, 2.45) is 0 Å². The van der Waals surface area contributed by atoms with Crippen molar-refractivity contribution in [2.45, 2.75) is 6.92 Å². The summed E-state index contributed by atoms with van der Waals surface area (Å²) in [6, 6.07) is 9.64. The van der Waals surface area contributed by atoms with E-state index in [1.165, 1.54) is 0 Å². The highest BCUT2D eigenvalue weighted by atomic mass is 16.1. The van der Waals surface area contributed by atoms with Gasteiger partial charge < -0.3 is 0 Å². The molecule has 0 saturated carbocycles. The molecule has 0 aliphatic carbocycles. The zero-order valence-electron chi connectivity index (χ0n) is 7.32. The predicted molar refractivity (Wildman–Crippen MR) is 52.8 cm³/mol. The predicted octanol–water partition coefficient (Wildman–Crippen LogP) is 1.90.